The van der Waals surface area contributed by atoms with E-state index in [1.807, 2.05) is 4.90 Å². The molecule has 0 bridgehead atoms. The third-order valence-electron chi connectivity index (χ3n) is 4.94. The second-order valence-corrected chi connectivity index (χ2v) is 8.25. The van der Waals surface area contributed by atoms with Crippen molar-refractivity contribution in [3.05, 3.63) is 0 Å². The van der Waals surface area contributed by atoms with Gasteiger partial charge in [0, 0.05) is 18.8 Å². The van der Waals surface area contributed by atoms with Gasteiger partial charge in [-0.1, -0.05) is 0 Å². The van der Waals surface area contributed by atoms with Gasteiger partial charge >= 0.3 is 0 Å². The van der Waals surface area contributed by atoms with Crippen LogP contribution in [0.25, 0.3) is 0 Å². The minimum atomic E-state index is -0.871. The highest BCUT2D eigenvalue weighted by molar-refractivity contribution is 8.01. The maximum atomic E-state index is 12.6. The molecule has 0 aromatic carbocycles. The Hall–Kier alpha value is -0.830. The van der Waals surface area contributed by atoms with E-state index in [1.165, 1.54) is 13.3 Å². The molecule has 7 nitrogen and oxygen atoms in total. The summed E-state index contributed by atoms with van der Waals surface area (Å²) < 4.78 is 0. The first-order valence-electron chi connectivity index (χ1n) is 8.35. The summed E-state index contributed by atoms with van der Waals surface area (Å²) in [4.78, 5) is 28.1. The third kappa shape index (κ3) is 3.35. The Morgan fingerprint density at radius 2 is 1.91 bits per heavy atom. The fraction of sp³-hybridized carbons (Fsp3) is 0.867. The van der Waals surface area contributed by atoms with Crippen LogP contribution in [0.2, 0.25) is 0 Å². The maximum Gasteiger partial charge on any atom is 0.242 e. The van der Waals surface area contributed by atoms with Gasteiger partial charge in [0.15, 0.2) is 0 Å². The van der Waals surface area contributed by atoms with Crippen molar-refractivity contribution in [1.82, 2.24) is 15.1 Å². The largest absolute Gasteiger partial charge is 0.391 e. The summed E-state index contributed by atoms with van der Waals surface area (Å²) in [7, 11) is 0. The first-order chi connectivity index (χ1) is 10.9. The van der Waals surface area contributed by atoms with Gasteiger partial charge in [-0.15, -0.1) is 11.8 Å². The van der Waals surface area contributed by atoms with E-state index in [-0.39, 0.29) is 22.7 Å². The highest BCUT2D eigenvalue weighted by Gasteiger charge is 2.52. The summed E-state index contributed by atoms with van der Waals surface area (Å²) in [6.45, 7) is 4.33. The fourth-order valence-corrected chi connectivity index (χ4v) is 4.87. The van der Waals surface area contributed by atoms with E-state index < -0.39 is 12.1 Å². The van der Waals surface area contributed by atoms with Crippen LogP contribution in [0.3, 0.4) is 0 Å². The van der Waals surface area contributed by atoms with Gasteiger partial charge in [0.05, 0.1) is 25.2 Å². The highest BCUT2D eigenvalue weighted by Crippen LogP contribution is 2.39. The second-order valence-electron chi connectivity index (χ2n) is 6.85. The number of amides is 2. The molecule has 0 aromatic rings. The SMILES string of the molecule is C[C@@H](O)[C@H](N)C(=O)N1CC2(C1)N[C@H](C(=O)N1CCCCC1)CS2. The van der Waals surface area contributed by atoms with Gasteiger partial charge in [0.25, 0.3) is 0 Å². The first-order valence-corrected chi connectivity index (χ1v) is 9.33. The molecule has 23 heavy (non-hydrogen) atoms. The van der Waals surface area contributed by atoms with Crippen LogP contribution in [-0.4, -0.2) is 81.7 Å². The summed E-state index contributed by atoms with van der Waals surface area (Å²) >= 11 is 1.72. The van der Waals surface area contributed by atoms with Crippen molar-refractivity contribution in [2.75, 3.05) is 31.9 Å². The van der Waals surface area contributed by atoms with E-state index in [4.69, 9.17) is 5.73 Å². The van der Waals surface area contributed by atoms with Crippen LogP contribution in [0.5, 0.6) is 0 Å². The van der Waals surface area contributed by atoms with Gasteiger partial charge in [0.1, 0.15) is 10.9 Å². The Bertz CT molecular complexity index is 475. The molecule has 1 spiro atoms. The number of nitrogens with zero attached hydrogens (tertiary/aromatic N) is 2. The molecule has 0 saturated carbocycles. The zero-order valence-corrected chi connectivity index (χ0v) is 14.3. The molecule has 0 unspecified atom stereocenters. The predicted octanol–water partition coefficient (Wildman–Crippen LogP) is -1.05. The van der Waals surface area contributed by atoms with Gasteiger partial charge < -0.3 is 20.6 Å². The number of carbonyl (C=O) groups excluding carboxylic acids is 2. The van der Waals surface area contributed by atoms with Gasteiger partial charge in [0.2, 0.25) is 11.8 Å². The van der Waals surface area contributed by atoms with Crippen LogP contribution < -0.4 is 11.1 Å². The van der Waals surface area contributed by atoms with Crippen molar-refractivity contribution in [3.8, 4) is 0 Å². The lowest BCUT2D eigenvalue weighted by Gasteiger charge is -2.48. The summed E-state index contributed by atoms with van der Waals surface area (Å²) in [5.74, 6) is 0.721. The average Bonchev–Trinajstić information content (AvgIpc) is 2.97. The molecular weight excluding hydrogens is 316 g/mol. The zero-order valence-electron chi connectivity index (χ0n) is 13.5. The van der Waals surface area contributed by atoms with Gasteiger partial charge in [-0.25, -0.2) is 0 Å². The van der Waals surface area contributed by atoms with Crippen molar-refractivity contribution >= 4 is 23.6 Å². The van der Waals surface area contributed by atoms with Gasteiger partial charge in [-0.2, -0.15) is 0 Å². The molecule has 0 aromatic heterocycles. The topological polar surface area (TPSA) is 98.9 Å². The van der Waals surface area contributed by atoms with Crippen molar-refractivity contribution in [3.63, 3.8) is 0 Å². The number of piperidine rings is 1. The number of likely N-dealkylation sites (tertiary alicyclic amines) is 2. The number of nitrogens with two attached hydrogens (primary N) is 1. The normalized spacial score (nSPS) is 29.3. The molecular formula is C15H26N4O3S. The summed E-state index contributed by atoms with van der Waals surface area (Å²) in [6, 6.07) is -1.02. The van der Waals surface area contributed by atoms with Crippen molar-refractivity contribution < 1.29 is 14.7 Å². The number of rotatable bonds is 3. The summed E-state index contributed by atoms with van der Waals surface area (Å²) in [5.41, 5.74) is 5.70. The van der Waals surface area contributed by atoms with E-state index in [0.29, 0.717) is 13.1 Å². The van der Waals surface area contributed by atoms with E-state index in [1.54, 1.807) is 16.7 Å². The number of nitrogens with one attached hydrogen (secondary N) is 1. The zero-order chi connectivity index (χ0) is 16.6. The smallest absolute Gasteiger partial charge is 0.242 e. The fourth-order valence-electron chi connectivity index (χ4n) is 3.44. The number of hydrogen-bond acceptors (Lipinski definition) is 6. The minimum absolute atomic E-state index is 0.152. The molecule has 4 N–H and O–H groups in total. The lowest BCUT2D eigenvalue weighted by Crippen LogP contribution is -2.70. The molecule has 8 heteroatoms. The van der Waals surface area contributed by atoms with E-state index in [0.717, 1.165) is 31.7 Å². The number of hydrogen-bond donors (Lipinski definition) is 3. The summed E-state index contributed by atoms with van der Waals surface area (Å²) in [5, 5.41) is 12.9. The van der Waals surface area contributed by atoms with Crippen LogP contribution in [0.15, 0.2) is 0 Å². The van der Waals surface area contributed by atoms with Crippen molar-refractivity contribution in [1.29, 1.82) is 0 Å². The van der Waals surface area contributed by atoms with Crippen LogP contribution in [-0.2, 0) is 9.59 Å². The lowest BCUT2D eigenvalue weighted by atomic mass is 10.0. The molecule has 3 aliphatic heterocycles. The maximum absolute atomic E-state index is 12.6. The minimum Gasteiger partial charge on any atom is -0.391 e. The van der Waals surface area contributed by atoms with Crippen LogP contribution in [0.1, 0.15) is 26.2 Å². The molecule has 3 atom stereocenters. The molecule has 3 heterocycles. The van der Waals surface area contributed by atoms with Crippen molar-refractivity contribution in [2.45, 2.75) is 49.2 Å². The molecule has 0 radical (unpaired) electrons. The molecule has 0 aliphatic carbocycles. The highest BCUT2D eigenvalue weighted by atomic mass is 32.2. The number of aliphatic hydroxyl groups is 1. The standard InChI is InChI=1S/C15H26N4O3S/c1-10(20)12(16)14(22)19-8-15(9-19)17-11(7-23-15)13(21)18-5-3-2-4-6-18/h10-12,17,20H,2-9,16H2,1H3/t10-,11+,12+/m1/s1. The lowest BCUT2D eigenvalue weighted by molar-refractivity contribution is -0.141. The molecule has 130 valence electrons. The average molecular weight is 342 g/mol. The Kier molecular flexibility index (Phi) is 4.87. The van der Waals surface area contributed by atoms with E-state index in [9.17, 15) is 14.7 Å². The summed E-state index contributed by atoms with van der Waals surface area (Å²) in [6.07, 6.45) is 2.55. The van der Waals surface area contributed by atoms with Crippen LogP contribution in [0.4, 0.5) is 0 Å². The van der Waals surface area contributed by atoms with Crippen LogP contribution >= 0.6 is 11.8 Å². The van der Waals surface area contributed by atoms with E-state index in [2.05, 4.69) is 5.32 Å². The Morgan fingerprint density at radius 3 is 2.52 bits per heavy atom. The molecule has 3 rings (SSSR count). The Balaban J connectivity index is 1.51. The number of aliphatic hydroxyl groups excluding tert-OH is 1. The van der Waals surface area contributed by atoms with Crippen LogP contribution in [0, 0.1) is 0 Å². The third-order valence-corrected chi connectivity index (χ3v) is 6.37. The Morgan fingerprint density at radius 1 is 1.26 bits per heavy atom. The second kappa shape index (κ2) is 6.58. The van der Waals surface area contributed by atoms with Gasteiger partial charge in [-0.3, -0.25) is 14.9 Å². The number of carbonyl (C=O) groups is 2. The van der Waals surface area contributed by atoms with Gasteiger partial charge in [-0.05, 0) is 26.2 Å². The molecule has 3 saturated heterocycles. The quantitative estimate of drug-likeness (QED) is 0.605. The van der Waals surface area contributed by atoms with Crippen molar-refractivity contribution in [2.24, 2.45) is 5.73 Å². The molecule has 2 amide bonds. The monoisotopic (exact) mass is 342 g/mol. The molecule has 3 fully saturated rings. The Labute approximate surface area is 140 Å². The van der Waals surface area contributed by atoms with E-state index >= 15 is 0 Å². The predicted molar refractivity (Wildman–Crippen MR) is 88.8 cm³/mol. The number of thioether (sulfide) groups is 1. The molecule has 3 aliphatic rings. The first kappa shape index (κ1) is 17.0.